The third kappa shape index (κ3) is 2.60. The van der Waals surface area contributed by atoms with Gasteiger partial charge in [0, 0.05) is 26.2 Å². The minimum atomic E-state index is -0.810. The van der Waals surface area contributed by atoms with Crippen LogP contribution in [0.25, 0.3) is 0 Å². The van der Waals surface area contributed by atoms with Gasteiger partial charge < -0.3 is 14.9 Å². The van der Waals surface area contributed by atoms with E-state index >= 15 is 0 Å². The first-order valence-corrected chi connectivity index (χ1v) is 6.29. The molecule has 2 unspecified atom stereocenters. The molecule has 1 amide bonds. The van der Waals surface area contributed by atoms with Gasteiger partial charge in [-0.1, -0.05) is 6.42 Å². The summed E-state index contributed by atoms with van der Waals surface area (Å²) in [4.78, 5) is 27.4. The fraction of sp³-hybridized carbons (Fsp3) is 0.833. The Balaban J connectivity index is 1.97. The Kier molecular flexibility index (Phi) is 3.66. The molecule has 5 nitrogen and oxygen atoms in total. The highest BCUT2D eigenvalue weighted by molar-refractivity contribution is 5.85. The lowest BCUT2D eigenvalue weighted by Gasteiger charge is -2.34. The van der Waals surface area contributed by atoms with Crippen LogP contribution < -0.4 is 0 Å². The van der Waals surface area contributed by atoms with E-state index < -0.39 is 11.9 Å². The molecule has 2 aliphatic rings. The van der Waals surface area contributed by atoms with Gasteiger partial charge in [-0.05, 0) is 19.9 Å². The van der Waals surface area contributed by atoms with Crippen molar-refractivity contribution in [2.24, 2.45) is 11.8 Å². The lowest BCUT2D eigenvalue weighted by Crippen LogP contribution is -2.49. The highest BCUT2D eigenvalue weighted by atomic mass is 16.4. The smallest absolute Gasteiger partial charge is 0.307 e. The standard InChI is InChI=1S/C12H20N2O3/c1-13-5-7-14(8-6-13)11(15)9-3-2-4-10(9)12(16)17/h9-10H,2-8H2,1H3,(H,16,17). The van der Waals surface area contributed by atoms with Crippen LogP contribution in [-0.4, -0.2) is 60.0 Å². The quantitative estimate of drug-likeness (QED) is 0.752. The number of amides is 1. The summed E-state index contributed by atoms with van der Waals surface area (Å²) in [5.74, 6) is -1.49. The number of aliphatic carboxylic acids is 1. The minimum absolute atomic E-state index is 0.0583. The van der Waals surface area contributed by atoms with Crippen molar-refractivity contribution in [1.82, 2.24) is 9.80 Å². The molecular weight excluding hydrogens is 220 g/mol. The SMILES string of the molecule is CN1CCN(C(=O)C2CCCC2C(=O)O)CC1. The highest BCUT2D eigenvalue weighted by Gasteiger charge is 2.39. The number of carbonyl (C=O) groups is 2. The zero-order valence-electron chi connectivity index (χ0n) is 10.3. The number of carboxylic acid groups (broad SMARTS) is 1. The summed E-state index contributed by atoms with van der Waals surface area (Å²) in [6, 6.07) is 0. The predicted octanol–water partition coefficient (Wildman–Crippen LogP) is 0.261. The van der Waals surface area contributed by atoms with E-state index in [-0.39, 0.29) is 11.8 Å². The van der Waals surface area contributed by atoms with Crippen LogP contribution in [0, 0.1) is 11.8 Å². The van der Waals surface area contributed by atoms with E-state index in [1.54, 1.807) is 0 Å². The summed E-state index contributed by atoms with van der Waals surface area (Å²) in [6.45, 7) is 3.24. The fourth-order valence-corrected chi connectivity index (χ4v) is 2.81. The minimum Gasteiger partial charge on any atom is -0.481 e. The molecule has 1 N–H and O–H groups in total. The van der Waals surface area contributed by atoms with E-state index in [1.165, 1.54) is 0 Å². The highest BCUT2D eigenvalue weighted by Crippen LogP contribution is 2.33. The fourth-order valence-electron chi connectivity index (χ4n) is 2.81. The Morgan fingerprint density at radius 1 is 1.06 bits per heavy atom. The second-order valence-corrected chi connectivity index (χ2v) is 5.11. The number of carbonyl (C=O) groups excluding carboxylic acids is 1. The average Bonchev–Trinajstić information content (AvgIpc) is 2.78. The van der Waals surface area contributed by atoms with Crippen molar-refractivity contribution in [3.8, 4) is 0 Å². The van der Waals surface area contributed by atoms with Crippen molar-refractivity contribution >= 4 is 11.9 Å². The molecule has 1 heterocycles. The van der Waals surface area contributed by atoms with Gasteiger partial charge in [0.1, 0.15) is 0 Å². The average molecular weight is 240 g/mol. The van der Waals surface area contributed by atoms with Crippen LogP contribution >= 0.6 is 0 Å². The van der Waals surface area contributed by atoms with Crippen molar-refractivity contribution < 1.29 is 14.7 Å². The molecule has 0 bridgehead atoms. The number of likely N-dealkylation sites (N-methyl/N-ethyl adjacent to an activating group) is 1. The number of hydrogen-bond acceptors (Lipinski definition) is 3. The first-order valence-electron chi connectivity index (χ1n) is 6.29. The maximum absolute atomic E-state index is 12.3. The number of piperazine rings is 1. The van der Waals surface area contributed by atoms with Gasteiger partial charge in [-0.2, -0.15) is 0 Å². The van der Waals surface area contributed by atoms with Crippen LogP contribution in [0.1, 0.15) is 19.3 Å². The zero-order chi connectivity index (χ0) is 12.4. The summed E-state index contributed by atoms with van der Waals surface area (Å²) in [7, 11) is 2.04. The number of rotatable bonds is 2. The summed E-state index contributed by atoms with van der Waals surface area (Å²) >= 11 is 0. The molecule has 5 heteroatoms. The molecule has 2 rings (SSSR count). The van der Waals surface area contributed by atoms with Gasteiger partial charge in [0.2, 0.25) is 5.91 Å². The predicted molar refractivity (Wildman–Crippen MR) is 62.5 cm³/mol. The molecule has 1 saturated carbocycles. The molecule has 2 fully saturated rings. The van der Waals surface area contributed by atoms with Crippen LogP contribution in [0.5, 0.6) is 0 Å². The lowest BCUT2D eigenvalue weighted by molar-refractivity contribution is -0.149. The van der Waals surface area contributed by atoms with Gasteiger partial charge in [0.15, 0.2) is 0 Å². The number of hydrogen-bond donors (Lipinski definition) is 1. The van der Waals surface area contributed by atoms with E-state index in [0.717, 1.165) is 39.0 Å². The Morgan fingerprint density at radius 2 is 1.65 bits per heavy atom. The van der Waals surface area contributed by atoms with Gasteiger partial charge in [0.25, 0.3) is 0 Å². The van der Waals surface area contributed by atoms with Gasteiger partial charge in [-0.25, -0.2) is 0 Å². The van der Waals surface area contributed by atoms with E-state index in [1.807, 2.05) is 11.9 Å². The van der Waals surface area contributed by atoms with Crippen molar-refractivity contribution in [3.63, 3.8) is 0 Å². The summed E-state index contributed by atoms with van der Waals surface area (Å²) in [5, 5.41) is 9.09. The topological polar surface area (TPSA) is 60.9 Å². The summed E-state index contributed by atoms with van der Waals surface area (Å²) < 4.78 is 0. The molecule has 0 aromatic heterocycles. The third-order valence-corrected chi connectivity index (χ3v) is 3.97. The molecule has 96 valence electrons. The molecule has 1 aliphatic heterocycles. The monoisotopic (exact) mass is 240 g/mol. The normalized spacial score (nSPS) is 30.5. The number of nitrogens with zero attached hydrogens (tertiary/aromatic N) is 2. The first-order chi connectivity index (χ1) is 8.09. The zero-order valence-corrected chi connectivity index (χ0v) is 10.3. The van der Waals surface area contributed by atoms with E-state index in [2.05, 4.69) is 4.90 Å². The summed E-state index contributed by atoms with van der Waals surface area (Å²) in [6.07, 6.45) is 2.25. The van der Waals surface area contributed by atoms with Crippen LogP contribution in [0.15, 0.2) is 0 Å². The van der Waals surface area contributed by atoms with Crippen molar-refractivity contribution in [1.29, 1.82) is 0 Å². The lowest BCUT2D eigenvalue weighted by atomic mass is 9.94. The van der Waals surface area contributed by atoms with E-state index in [4.69, 9.17) is 5.11 Å². The second kappa shape index (κ2) is 5.04. The molecule has 0 spiro atoms. The van der Waals surface area contributed by atoms with Crippen molar-refractivity contribution in [2.75, 3.05) is 33.2 Å². The maximum atomic E-state index is 12.3. The summed E-state index contributed by atoms with van der Waals surface area (Å²) in [5.41, 5.74) is 0. The number of carboxylic acids is 1. The van der Waals surface area contributed by atoms with Crippen LogP contribution in [0.2, 0.25) is 0 Å². The Labute approximate surface area is 101 Å². The van der Waals surface area contributed by atoms with Gasteiger partial charge >= 0.3 is 5.97 Å². The molecule has 0 radical (unpaired) electrons. The molecule has 0 aromatic carbocycles. The Morgan fingerprint density at radius 3 is 2.24 bits per heavy atom. The van der Waals surface area contributed by atoms with E-state index in [9.17, 15) is 9.59 Å². The van der Waals surface area contributed by atoms with E-state index in [0.29, 0.717) is 6.42 Å². The Bertz CT molecular complexity index is 311. The van der Waals surface area contributed by atoms with Gasteiger partial charge in [0.05, 0.1) is 11.8 Å². The third-order valence-electron chi connectivity index (χ3n) is 3.97. The van der Waals surface area contributed by atoms with Crippen LogP contribution in [-0.2, 0) is 9.59 Å². The molecule has 17 heavy (non-hydrogen) atoms. The molecule has 1 aliphatic carbocycles. The van der Waals surface area contributed by atoms with Gasteiger partial charge in [-0.15, -0.1) is 0 Å². The van der Waals surface area contributed by atoms with Crippen LogP contribution in [0.4, 0.5) is 0 Å². The van der Waals surface area contributed by atoms with Crippen molar-refractivity contribution in [3.05, 3.63) is 0 Å². The largest absolute Gasteiger partial charge is 0.481 e. The molecule has 0 aromatic rings. The second-order valence-electron chi connectivity index (χ2n) is 5.11. The Hall–Kier alpha value is -1.10. The van der Waals surface area contributed by atoms with Crippen molar-refractivity contribution in [2.45, 2.75) is 19.3 Å². The van der Waals surface area contributed by atoms with Gasteiger partial charge in [-0.3, -0.25) is 9.59 Å². The van der Waals surface area contributed by atoms with Crippen LogP contribution in [0.3, 0.4) is 0 Å². The first kappa shape index (κ1) is 12.4. The maximum Gasteiger partial charge on any atom is 0.307 e. The molecular formula is C12H20N2O3. The molecule has 1 saturated heterocycles. The molecule has 2 atom stereocenters.